The van der Waals surface area contributed by atoms with Crippen LogP contribution in [0.15, 0.2) is 12.7 Å². The van der Waals surface area contributed by atoms with Gasteiger partial charge < -0.3 is 0 Å². The second kappa shape index (κ2) is 4.41. The molecule has 0 aromatic heterocycles. The zero-order valence-electron chi connectivity index (χ0n) is 8.10. The predicted molar refractivity (Wildman–Crippen MR) is 40.0 cm³/mol. The van der Waals surface area contributed by atoms with Crippen molar-refractivity contribution in [1.29, 1.82) is 0 Å². The van der Waals surface area contributed by atoms with Gasteiger partial charge in [-0.05, 0) is 0 Å². The van der Waals surface area contributed by atoms with Gasteiger partial charge in [-0.3, -0.25) is 0 Å². The molecule has 0 N–H and O–H groups in total. The van der Waals surface area contributed by atoms with E-state index in [1.165, 1.54) is 0 Å². The molecule has 0 unspecified atom stereocenters. The Morgan fingerprint density at radius 3 is 1.12 bits per heavy atom. The van der Waals surface area contributed by atoms with Gasteiger partial charge in [-0.25, -0.2) is 0 Å². The third-order valence-corrected chi connectivity index (χ3v) is 1.99. The van der Waals surface area contributed by atoms with Crippen LogP contribution in [0.4, 0.5) is 39.5 Å². The van der Waals surface area contributed by atoms with E-state index in [1.54, 1.807) is 0 Å². The molecule has 0 amide bonds. The van der Waals surface area contributed by atoms with Gasteiger partial charge in [-0.1, -0.05) is 6.08 Å². The van der Waals surface area contributed by atoms with Gasteiger partial charge in [0.2, 0.25) is 0 Å². The van der Waals surface area contributed by atoms with Crippen molar-refractivity contribution in [1.82, 2.24) is 0 Å². The fourth-order valence-electron chi connectivity index (χ4n) is 1.24. The molecular weight excluding hydrogens is 267 g/mol. The number of rotatable bonds is 3. The Hall–Kier alpha value is -0.890. The lowest BCUT2D eigenvalue weighted by molar-refractivity contribution is -0.277. The summed E-state index contributed by atoms with van der Waals surface area (Å²) in [6.45, 7) is 2.45. The Morgan fingerprint density at radius 1 is 0.706 bits per heavy atom. The first-order valence-electron chi connectivity index (χ1n) is 4.06. The lowest BCUT2D eigenvalue weighted by Crippen LogP contribution is -2.43. The molecule has 102 valence electrons. The average Bonchev–Trinajstić information content (AvgIpc) is 1.95. The number of hydrogen-bond donors (Lipinski definition) is 0. The maximum Gasteiger partial charge on any atom is 0.398 e. The molecule has 0 rings (SSSR count). The molecule has 0 aromatic carbocycles. The lowest BCUT2D eigenvalue weighted by Gasteiger charge is -2.34. The van der Waals surface area contributed by atoms with Crippen LogP contribution in [0.3, 0.4) is 0 Å². The van der Waals surface area contributed by atoms with Gasteiger partial charge in [0.25, 0.3) is 0 Å². The van der Waals surface area contributed by atoms with Gasteiger partial charge in [-0.15, -0.1) is 6.58 Å². The summed E-state index contributed by atoms with van der Waals surface area (Å²) in [4.78, 5) is 0. The quantitative estimate of drug-likeness (QED) is 0.520. The van der Waals surface area contributed by atoms with Crippen molar-refractivity contribution >= 4 is 0 Å². The van der Waals surface area contributed by atoms with E-state index in [-0.39, 0.29) is 6.08 Å². The third kappa shape index (κ3) is 4.86. The minimum atomic E-state index is -5.68. The van der Waals surface area contributed by atoms with E-state index in [2.05, 4.69) is 6.58 Å². The van der Waals surface area contributed by atoms with Crippen molar-refractivity contribution in [2.75, 3.05) is 0 Å². The van der Waals surface area contributed by atoms with Crippen molar-refractivity contribution in [2.24, 2.45) is 5.41 Å². The lowest BCUT2D eigenvalue weighted by atomic mass is 9.80. The summed E-state index contributed by atoms with van der Waals surface area (Å²) in [5, 5.41) is 0. The first kappa shape index (κ1) is 16.1. The minimum Gasteiger partial charge on any atom is -0.171 e. The Kier molecular flexibility index (Phi) is 4.18. The van der Waals surface area contributed by atoms with Gasteiger partial charge in [0, 0.05) is 0 Å². The molecule has 0 fully saturated rings. The molecule has 0 saturated carbocycles. The van der Waals surface area contributed by atoms with Crippen LogP contribution in [0.2, 0.25) is 0 Å². The van der Waals surface area contributed by atoms with Gasteiger partial charge in [0.1, 0.15) is 5.41 Å². The second-order valence-corrected chi connectivity index (χ2v) is 3.44. The van der Waals surface area contributed by atoms with Gasteiger partial charge in [0.15, 0.2) is 0 Å². The molecule has 17 heavy (non-hydrogen) atoms. The summed E-state index contributed by atoms with van der Waals surface area (Å²) in [6.07, 6.45) is -22.1. The molecule has 0 aliphatic carbocycles. The molecule has 0 aromatic rings. The molecule has 0 heterocycles. The topological polar surface area (TPSA) is 0 Å². The summed E-state index contributed by atoms with van der Waals surface area (Å²) in [5.41, 5.74) is -4.04. The Bertz CT molecular complexity index is 250. The van der Waals surface area contributed by atoms with E-state index in [4.69, 9.17) is 0 Å². The van der Waals surface area contributed by atoms with E-state index in [9.17, 15) is 39.5 Å². The first-order valence-corrected chi connectivity index (χ1v) is 4.06. The standard InChI is InChI=1S/C8H7F9/c1-2-5(8(15,16)17,3-6(9,10)11)4-7(12,13)14/h2H,1,3-4H2. The number of halogens is 9. The molecule has 0 aliphatic rings. The highest BCUT2D eigenvalue weighted by atomic mass is 19.4. The van der Waals surface area contributed by atoms with Crippen molar-refractivity contribution in [2.45, 2.75) is 31.4 Å². The van der Waals surface area contributed by atoms with Crippen LogP contribution < -0.4 is 0 Å². The van der Waals surface area contributed by atoms with Crippen LogP contribution in [-0.2, 0) is 0 Å². The fourth-order valence-corrected chi connectivity index (χ4v) is 1.24. The maximum atomic E-state index is 12.4. The second-order valence-electron chi connectivity index (χ2n) is 3.44. The van der Waals surface area contributed by atoms with E-state index in [0.717, 1.165) is 0 Å². The van der Waals surface area contributed by atoms with Gasteiger partial charge in [0.05, 0.1) is 12.8 Å². The van der Waals surface area contributed by atoms with E-state index in [1.807, 2.05) is 0 Å². The molecule has 9 heteroatoms. The summed E-state index contributed by atoms with van der Waals surface area (Å²) >= 11 is 0. The first-order chi connectivity index (χ1) is 7.22. The molecule has 0 spiro atoms. The van der Waals surface area contributed by atoms with Crippen molar-refractivity contribution < 1.29 is 39.5 Å². The molecule has 0 nitrogen and oxygen atoms in total. The predicted octanol–water partition coefficient (Wildman–Crippen LogP) is 4.63. The van der Waals surface area contributed by atoms with Crippen LogP contribution in [0.25, 0.3) is 0 Å². The van der Waals surface area contributed by atoms with E-state index >= 15 is 0 Å². The minimum absolute atomic E-state index is 0.339. The van der Waals surface area contributed by atoms with E-state index < -0.39 is 36.8 Å². The highest BCUT2D eigenvalue weighted by Crippen LogP contribution is 2.52. The zero-order valence-corrected chi connectivity index (χ0v) is 8.10. The van der Waals surface area contributed by atoms with Crippen molar-refractivity contribution in [3.05, 3.63) is 12.7 Å². The van der Waals surface area contributed by atoms with Crippen molar-refractivity contribution in [3.63, 3.8) is 0 Å². The molecular formula is C8H7F9. The average molecular weight is 274 g/mol. The molecule has 0 atom stereocenters. The molecule has 0 saturated heterocycles. The number of hydrogen-bond acceptors (Lipinski definition) is 0. The fraction of sp³-hybridized carbons (Fsp3) is 0.750. The zero-order chi connectivity index (χ0) is 14.1. The Labute approximate surface area is 90.1 Å². The largest absolute Gasteiger partial charge is 0.398 e. The van der Waals surface area contributed by atoms with Crippen molar-refractivity contribution in [3.8, 4) is 0 Å². The summed E-state index contributed by atoms with van der Waals surface area (Å²) in [6, 6.07) is 0. The normalized spacial score (nSPS) is 14.9. The molecule has 0 bridgehead atoms. The van der Waals surface area contributed by atoms with Crippen LogP contribution in [-0.4, -0.2) is 18.5 Å². The van der Waals surface area contributed by atoms with Crippen LogP contribution >= 0.6 is 0 Å². The summed E-state index contributed by atoms with van der Waals surface area (Å²) in [5.74, 6) is 0. The Morgan fingerprint density at radius 2 is 1.00 bits per heavy atom. The molecule has 0 radical (unpaired) electrons. The smallest absolute Gasteiger partial charge is 0.171 e. The van der Waals surface area contributed by atoms with E-state index in [0.29, 0.717) is 0 Å². The van der Waals surface area contributed by atoms with Crippen LogP contribution in [0, 0.1) is 5.41 Å². The third-order valence-electron chi connectivity index (χ3n) is 1.99. The SMILES string of the molecule is C=CC(CC(F)(F)F)(CC(F)(F)F)C(F)(F)F. The highest BCUT2D eigenvalue weighted by Gasteiger charge is 2.61. The number of alkyl halides is 9. The van der Waals surface area contributed by atoms with Gasteiger partial charge in [-0.2, -0.15) is 39.5 Å². The number of allylic oxidation sites excluding steroid dienone is 1. The Balaban J connectivity index is 5.40. The summed E-state index contributed by atoms with van der Waals surface area (Å²) in [7, 11) is 0. The van der Waals surface area contributed by atoms with Gasteiger partial charge >= 0.3 is 18.5 Å². The maximum absolute atomic E-state index is 12.4. The van der Waals surface area contributed by atoms with Crippen LogP contribution in [0.1, 0.15) is 12.8 Å². The molecule has 0 aliphatic heterocycles. The van der Waals surface area contributed by atoms with Crippen LogP contribution in [0.5, 0.6) is 0 Å². The highest BCUT2D eigenvalue weighted by molar-refractivity contribution is 5.03. The monoisotopic (exact) mass is 274 g/mol. The summed E-state index contributed by atoms with van der Waals surface area (Å²) < 4.78 is 109.